The molecule has 2 aliphatic heterocycles. The van der Waals surface area contributed by atoms with Gasteiger partial charge < -0.3 is 64.2 Å². The van der Waals surface area contributed by atoms with Crippen molar-refractivity contribution in [1.82, 2.24) is 0 Å². The second-order valence-corrected chi connectivity index (χ2v) is 15.2. The maximum Gasteiger partial charge on any atom is 0.306 e. The van der Waals surface area contributed by atoms with E-state index in [0.29, 0.717) is 12.8 Å². The van der Waals surface area contributed by atoms with Gasteiger partial charge >= 0.3 is 11.9 Å². The zero-order valence-corrected chi connectivity index (χ0v) is 34.3. The van der Waals surface area contributed by atoms with Crippen molar-refractivity contribution >= 4 is 11.9 Å². The van der Waals surface area contributed by atoms with Crippen molar-refractivity contribution in [3.8, 4) is 0 Å². The van der Waals surface area contributed by atoms with E-state index in [0.717, 1.165) is 57.8 Å². The van der Waals surface area contributed by atoms with E-state index in [2.05, 4.69) is 31.2 Å². The second kappa shape index (κ2) is 30.9. The minimum Gasteiger partial charge on any atom is -0.462 e. The molecule has 0 aromatic carbocycles. The number of rotatable bonds is 31. The Morgan fingerprint density at radius 3 is 1.67 bits per heavy atom. The van der Waals surface area contributed by atoms with E-state index < -0.39 is 92.7 Å². The molecule has 0 aromatic heterocycles. The predicted molar refractivity (Wildman–Crippen MR) is 211 cm³/mol. The third-order valence-electron chi connectivity index (χ3n) is 10.2. The molecule has 57 heavy (non-hydrogen) atoms. The van der Waals surface area contributed by atoms with Gasteiger partial charge in [-0.2, -0.15) is 0 Å². The molecule has 2 rings (SSSR count). The van der Waals surface area contributed by atoms with E-state index in [9.17, 15) is 45.3 Å². The minimum atomic E-state index is -1.76. The summed E-state index contributed by atoms with van der Waals surface area (Å²) in [5, 5.41) is 71.4. The summed E-state index contributed by atoms with van der Waals surface area (Å²) in [7, 11) is 0. The van der Waals surface area contributed by atoms with Gasteiger partial charge in [0.15, 0.2) is 18.7 Å². The Labute approximate surface area is 339 Å². The summed E-state index contributed by atoms with van der Waals surface area (Å²) in [5.41, 5.74) is 0. The summed E-state index contributed by atoms with van der Waals surface area (Å²) in [5.74, 6) is -0.964. The fourth-order valence-electron chi connectivity index (χ4n) is 6.54. The van der Waals surface area contributed by atoms with Gasteiger partial charge in [0.05, 0.1) is 19.8 Å². The first kappa shape index (κ1) is 51.1. The van der Waals surface area contributed by atoms with Crippen molar-refractivity contribution in [2.24, 2.45) is 0 Å². The highest BCUT2D eigenvalue weighted by molar-refractivity contribution is 5.70. The highest BCUT2D eigenvalue weighted by Crippen LogP contribution is 2.26. The largest absolute Gasteiger partial charge is 0.462 e. The summed E-state index contributed by atoms with van der Waals surface area (Å²) < 4.78 is 33.1. The number of esters is 2. The number of aliphatic hydroxyl groups is 7. The van der Waals surface area contributed by atoms with E-state index in [1.807, 2.05) is 6.92 Å². The van der Waals surface area contributed by atoms with Crippen LogP contribution in [-0.2, 0) is 38.0 Å². The fourth-order valence-corrected chi connectivity index (χ4v) is 6.54. The molecule has 0 aromatic rings. The van der Waals surface area contributed by atoms with Crippen LogP contribution in [0.15, 0.2) is 24.3 Å². The Bertz CT molecular complexity index is 1100. The van der Waals surface area contributed by atoms with Crippen molar-refractivity contribution in [2.75, 3.05) is 26.4 Å². The lowest BCUT2D eigenvalue weighted by Gasteiger charge is -2.42. The average molecular weight is 819 g/mol. The van der Waals surface area contributed by atoms with Crippen LogP contribution in [0.1, 0.15) is 136 Å². The fraction of sp³-hybridized carbons (Fsp3) is 0.857. The van der Waals surface area contributed by atoms with Crippen LogP contribution in [0.25, 0.3) is 0 Å². The smallest absolute Gasteiger partial charge is 0.306 e. The normalized spacial score (nSPS) is 28.6. The van der Waals surface area contributed by atoms with Crippen molar-refractivity contribution in [3.05, 3.63) is 24.3 Å². The van der Waals surface area contributed by atoms with Crippen LogP contribution in [-0.4, -0.2) is 142 Å². The van der Waals surface area contributed by atoms with Crippen LogP contribution in [0, 0.1) is 0 Å². The third-order valence-corrected chi connectivity index (χ3v) is 10.2. The number of aliphatic hydroxyl groups excluding tert-OH is 7. The first-order valence-electron chi connectivity index (χ1n) is 21.4. The van der Waals surface area contributed by atoms with Gasteiger partial charge in [0.25, 0.3) is 0 Å². The molecule has 7 N–H and O–H groups in total. The molecule has 0 saturated carbocycles. The van der Waals surface area contributed by atoms with Crippen LogP contribution in [0.2, 0.25) is 0 Å². The molecule has 0 radical (unpaired) electrons. The topological polar surface area (TPSA) is 231 Å². The Morgan fingerprint density at radius 2 is 1.05 bits per heavy atom. The number of carbonyl (C=O) groups is 2. The SMILES string of the molecule is CCCCCC/C=C\C/C=C\CCCCCCCCCC(=O)OC(COC(=O)CCCCC)COC1OC(COC2OC(CO)C(O)C(O)C2O)C(O)C(O)C1O. The van der Waals surface area contributed by atoms with E-state index in [1.54, 1.807) is 0 Å². The van der Waals surface area contributed by atoms with Crippen LogP contribution in [0.3, 0.4) is 0 Å². The van der Waals surface area contributed by atoms with Crippen LogP contribution < -0.4 is 0 Å². The van der Waals surface area contributed by atoms with Gasteiger partial charge in [0.2, 0.25) is 0 Å². The molecule has 11 unspecified atom stereocenters. The van der Waals surface area contributed by atoms with Crippen LogP contribution in [0.5, 0.6) is 0 Å². The van der Waals surface area contributed by atoms with Crippen molar-refractivity contribution in [1.29, 1.82) is 0 Å². The van der Waals surface area contributed by atoms with Gasteiger partial charge in [0, 0.05) is 12.8 Å². The van der Waals surface area contributed by atoms with Crippen LogP contribution >= 0.6 is 0 Å². The molecule has 2 heterocycles. The Kier molecular flexibility index (Phi) is 27.7. The number of hydrogen-bond acceptors (Lipinski definition) is 15. The quantitative estimate of drug-likeness (QED) is 0.0301. The zero-order valence-electron chi connectivity index (χ0n) is 34.3. The van der Waals surface area contributed by atoms with Crippen molar-refractivity contribution in [3.63, 3.8) is 0 Å². The molecule has 0 spiro atoms. The number of ether oxygens (including phenoxy) is 6. The van der Waals surface area contributed by atoms with Gasteiger partial charge in [-0.3, -0.25) is 9.59 Å². The molecule has 332 valence electrons. The highest BCUT2D eigenvalue weighted by Gasteiger charge is 2.47. The maximum atomic E-state index is 12.8. The van der Waals surface area contributed by atoms with Crippen molar-refractivity contribution < 1.29 is 73.8 Å². The lowest BCUT2D eigenvalue weighted by molar-refractivity contribution is -0.332. The summed E-state index contributed by atoms with van der Waals surface area (Å²) in [6.45, 7) is 2.34. The molecule has 2 saturated heterocycles. The third kappa shape index (κ3) is 20.7. The zero-order chi connectivity index (χ0) is 41.8. The second-order valence-electron chi connectivity index (χ2n) is 15.2. The monoisotopic (exact) mass is 819 g/mol. The molecule has 11 atom stereocenters. The number of unbranched alkanes of at least 4 members (excludes halogenated alkanes) is 13. The molecule has 2 fully saturated rings. The van der Waals surface area contributed by atoms with E-state index in [-0.39, 0.29) is 26.1 Å². The van der Waals surface area contributed by atoms with Gasteiger partial charge in [-0.15, -0.1) is 0 Å². The molecule has 0 aliphatic carbocycles. The summed E-state index contributed by atoms with van der Waals surface area (Å²) in [6.07, 6.45) is 10.4. The van der Waals surface area contributed by atoms with E-state index >= 15 is 0 Å². The lowest BCUT2D eigenvalue weighted by Crippen LogP contribution is -2.61. The van der Waals surface area contributed by atoms with Crippen LogP contribution in [0.4, 0.5) is 0 Å². The van der Waals surface area contributed by atoms with Gasteiger partial charge in [0.1, 0.15) is 55.4 Å². The molecule has 15 heteroatoms. The number of hydrogen-bond donors (Lipinski definition) is 7. The lowest BCUT2D eigenvalue weighted by atomic mass is 9.98. The van der Waals surface area contributed by atoms with E-state index in [4.69, 9.17) is 28.4 Å². The molecular formula is C42H74O15. The summed E-state index contributed by atoms with van der Waals surface area (Å²) in [6, 6.07) is 0. The number of carbonyl (C=O) groups excluding carboxylic acids is 2. The molecule has 2 aliphatic rings. The standard InChI is InChI=1S/C42H74O15/c1-3-5-7-8-9-10-11-12-13-14-15-16-17-18-19-20-21-23-25-34(45)55-30(27-52-33(44)24-22-6-4-2)28-53-41-40(51)38(49)36(47)32(57-41)29-54-42-39(50)37(48)35(46)31(26-43)56-42/h10-11,13-14,30-32,35-43,46-51H,3-9,12,15-29H2,1-2H3/b11-10-,14-13-. The van der Waals surface area contributed by atoms with Gasteiger partial charge in [-0.05, 0) is 44.9 Å². The number of allylic oxidation sites excluding steroid dienone is 4. The van der Waals surface area contributed by atoms with Gasteiger partial charge in [-0.25, -0.2) is 0 Å². The molecule has 0 amide bonds. The minimum absolute atomic E-state index is 0.157. The van der Waals surface area contributed by atoms with E-state index in [1.165, 1.54) is 38.5 Å². The maximum absolute atomic E-state index is 12.8. The Morgan fingerprint density at radius 1 is 0.561 bits per heavy atom. The molecule has 15 nitrogen and oxygen atoms in total. The first-order chi connectivity index (χ1) is 27.5. The van der Waals surface area contributed by atoms with Crippen molar-refractivity contribution in [2.45, 2.75) is 203 Å². The first-order valence-corrected chi connectivity index (χ1v) is 21.4. The molecule has 0 bridgehead atoms. The Balaban J connectivity index is 1.77. The molecular weight excluding hydrogens is 744 g/mol. The summed E-state index contributed by atoms with van der Waals surface area (Å²) in [4.78, 5) is 25.1. The predicted octanol–water partition coefficient (Wildman–Crippen LogP) is 3.65. The Hall–Kier alpha value is -2.02. The summed E-state index contributed by atoms with van der Waals surface area (Å²) >= 11 is 0. The van der Waals surface area contributed by atoms with Gasteiger partial charge in [-0.1, -0.05) is 102 Å². The average Bonchev–Trinajstić information content (AvgIpc) is 3.20. The highest BCUT2D eigenvalue weighted by atomic mass is 16.7.